The average molecular weight is 584 g/mol. The molecule has 0 saturated carbocycles. The molecule has 1 aliphatic rings. The van der Waals surface area contributed by atoms with Crippen molar-refractivity contribution in [2.45, 2.75) is 19.2 Å². The van der Waals surface area contributed by atoms with Gasteiger partial charge in [-0.25, -0.2) is 9.37 Å². The zero-order valence-electron chi connectivity index (χ0n) is 23.4. The number of amides is 2. The maximum Gasteiger partial charge on any atom is 0.265 e. The number of carbonyl (C=O) groups is 2. The number of aromatic hydroxyl groups is 1. The number of halogens is 1. The molecule has 0 spiro atoms. The molecule has 0 unspecified atom stereocenters. The third-order valence-corrected chi connectivity index (χ3v) is 7.80. The van der Waals surface area contributed by atoms with Crippen LogP contribution in [0.2, 0.25) is 0 Å². The number of imide groups is 1. The predicted molar refractivity (Wildman–Crippen MR) is 163 cm³/mol. The minimum absolute atomic E-state index is 0.0519. The van der Waals surface area contributed by atoms with Crippen molar-refractivity contribution in [2.75, 3.05) is 0 Å². The van der Waals surface area contributed by atoms with Gasteiger partial charge in [0.15, 0.2) is 11.5 Å². The molecule has 0 atom stereocenters. The summed E-state index contributed by atoms with van der Waals surface area (Å²) in [4.78, 5) is 33.6. The Morgan fingerprint density at radius 3 is 1.86 bits per heavy atom. The molecule has 1 N–H and O–H groups in total. The lowest BCUT2D eigenvalue weighted by Gasteiger charge is -2.22. The summed E-state index contributed by atoms with van der Waals surface area (Å²) >= 11 is 0. The Morgan fingerprint density at radius 1 is 0.705 bits per heavy atom. The number of phenolic OH excluding ortho intramolecular Hbond substituents is 1. The second-order valence-corrected chi connectivity index (χ2v) is 10.6. The highest BCUT2D eigenvalue weighted by atomic mass is 19.1. The summed E-state index contributed by atoms with van der Waals surface area (Å²) in [7, 11) is 0. The number of hydrogen-bond acceptors (Lipinski definition) is 5. The van der Waals surface area contributed by atoms with E-state index in [1.54, 1.807) is 10.9 Å². The number of ether oxygens (including phenoxy) is 1. The zero-order chi connectivity index (χ0) is 30.2. The first-order valence-electron chi connectivity index (χ1n) is 14.1. The van der Waals surface area contributed by atoms with Gasteiger partial charge >= 0.3 is 0 Å². The smallest absolute Gasteiger partial charge is 0.265 e. The number of hydrogen-bond donors (Lipinski definition) is 1. The standard InChI is InChI=1S/C36H26FN3O4/c37-27-18-16-24(17-19-27)21-40-35(42)28-29(36(40)43)34(44-33(25-12-6-2-7-13-25)26-14-8-3-9-15-26)30-31(32(28)41)39(22-38-30)20-23-10-4-1-5-11-23/h1-19,22,33,41H,20-21H2. The van der Waals surface area contributed by atoms with Crippen LogP contribution in [0.3, 0.4) is 0 Å². The highest BCUT2D eigenvalue weighted by Crippen LogP contribution is 2.46. The third kappa shape index (κ3) is 4.76. The highest BCUT2D eigenvalue weighted by molar-refractivity contribution is 6.26. The largest absolute Gasteiger partial charge is 0.505 e. The van der Waals surface area contributed by atoms with E-state index in [2.05, 4.69) is 4.98 Å². The summed E-state index contributed by atoms with van der Waals surface area (Å²) < 4.78 is 22.1. The number of benzene rings is 5. The summed E-state index contributed by atoms with van der Waals surface area (Å²) in [6, 6.07) is 34.4. The molecule has 0 fully saturated rings. The van der Waals surface area contributed by atoms with Crippen LogP contribution in [0, 0.1) is 5.82 Å². The van der Waals surface area contributed by atoms with Crippen LogP contribution in [0.1, 0.15) is 49.1 Å². The van der Waals surface area contributed by atoms with Crippen molar-refractivity contribution in [2.24, 2.45) is 0 Å². The molecule has 1 aliphatic heterocycles. The van der Waals surface area contributed by atoms with Crippen LogP contribution in [0.25, 0.3) is 11.0 Å². The molecule has 0 saturated heterocycles. The number of fused-ring (bicyclic) bond motifs is 2. The fourth-order valence-corrected chi connectivity index (χ4v) is 5.67. The van der Waals surface area contributed by atoms with E-state index in [1.807, 2.05) is 91.0 Å². The molecule has 216 valence electrons. The second-order valence-electron chi connectivity index (χ2n) is 10.6. The van der Waals surface area contributed by atoms with Gasteiger partial charge in [-0.2, -0.15) is 0 Å². The number of rotatable bonds is 8. The topological polar surface area (TPSA) is 84.7 Å². The molecule has 6 aromatic rings. The lowest BCUT2D eigenvalue weighted by atomic mass is 10.0. The van der Waals surface area contributed by atoms with Gasteiger partial charge in [0.05, 0.1) is 12.9 Å². The number of aromatic nitrogens is 2. The van der Waals surface area contributed by atoms with E-state index < -0.39 is 23.7 Å². The fourth-order valence-electron chi connectivity index (χ4n) is 5.67. The van der Waals surface area contributed by atoms with Crippen LogP contribution in [-0.4, -0.2) is 31.4 Å². The minimum Gasteiger partial charge on any atom is -0.505 e. The van der Waals surface area contributed by atoms with Gasteiger partial charge in [-0.3, -0.25) is 14.5 Å². The van der Waals surface area contributed by atoms with Crippen molar-refractivity contribution >= 4 is 22.8 Å². The lowest BCUT2D eigenvalue weighted by Crippen LogP contribution is -2.29. The second kappa shape index (κ2) is 11.1. The van der Waals surface area contributed by atoms with Crippen molar-refractivity contribution in [3.8, 4) is 11.5 Å². The van der Waals surface area contributed by atoms with Gasteiger partial charge in [0.25, 0.3) is 11.8 Å². The SMILES string of the molecule is O=C1c2c(c(O)c3c(ncn3Cc3ccccc3)c2OC(c2ccccc2)c2ccccc2)C(=O)N1Cc1ccc(F)cc1. The zero-order valence-corrected chi connectivity index (χ0v) is 23.4. The molecule has 0 radical (unpaired) electrons. The Labute approximate surface area is 252 Å². The van der Waals surface area contributed by atoms with Crippen LogP contribution in [0.4, 0.5) is 4.39 Å². The highest BCUT2D eigenvalue weighted by Gasteiger charge is 2.44. The van der Waals surface area contributed by atoms with Crippen LogP contribution < -0.4 is 4.74 Å². The normalized spacial score (nSPS) is 12.7. The van der Waals surface area contributed by atoms with E-state index in [9.17, 15) is 19.1 Å². The van der Waals surface area contributed by atoms with Crippen LogP contribution in [0.5, 0.6) is 11.5 Å². The van der Waals surface area contributed by atoms with E-state index in [0.717, 1.165) is 21.6 Å². The van der Waals surface area contributed by atoms with Gasteiger partial charge < -0.3 is 14.4 Å². The van der Waals surface area contributed by atoms with Crippen molar-refractivity contribution in [3.05, 3.63) is 161 Å². The molecular formula is C36H26FN3O4. The van der Waals surface area contributed by atoms with Gasteiger partial charge in [-0.05, 0) is 34.4 Å². The van der Waals surface area contributed by atoms with Gasteiger partial charge in [0, 0.05) is 6.54 Å². The van der Waals surface area contributed by atoms with Gasteiger partial charge in [-0.15, -0.1) is 0 Å². The molecule has 1 aromatic heterocycles. The van der Waals surface area contributed by atoms with Crippen molar-refractivity contribution in [1.29, 1.82) is 0 Å². The predicted octanol–water partition coefficient (Wildman–Crippen LogP) is 6.89. The lowest BCUT2D eigenvalue weighted by molar-refractivity contribution is 0.0640. The summed E-state index contributed by atoms with van der Waals surface area (Å²) in [5.74, 6) is -1.95. The Bertz CT molecular complexity index is 1950. The van der Waals surface area contributed by atoms with Gasteiger partial charge in [0.1, 0.15) is 34.1 Å². The molecule has 7 nitrogen and oxygen atoms in total. The average Bonchev–Trinajstić information content (AvgIpc) is 3.58. The van der Waals surface area contributed by atoms with E-state index >= 15 is 0 Å². The molecule has 8 heteroatoms. The number of imidazole rings is 1. The maximum atomic E-state index is 14.1. The Hall–Kier alpha value is -5.76. The molecule has 7 rings (SSSR count). The number of carbonyl (C=O) groups excluding carboxylic acids is 2. The fraction of sp³-hybridized carbons (Fsp3) is 0.0833. The van der Waals surface area contributed by atoms with Crippen LogP contribution >= 0.6 is 0 Å². The Balaban J connectivity index is 1.41. The first kappa shape index (κ1) is 27.1. The molecule has 5 aromatic carbocycles. The summed E-state index contributed by atoms with van der Waals surface area (Å²) in [5.41, 5.74) is 3.53. The van der Waals surface area contributed by atoms with Crippen molar-refractivity contribution in [1.82, 2.24) is 14.5 Å². The summed E-state index contributed by atoms with van der Waals surface area (Å²) in [5, 5.41) is 11.7. The summed E-state index contributed by atoms with van der Waals surface area (Å²) in [6.07, 6.45) is 0.924. The van der Waals surface area contributed by atoms with Crippen LogP contribution in [0.15, 0.2) is 122 Å². The van der Waals surface area contributed by atoms with E-state index in [1.165, 1.54) is 24.3 Å². The van der Waals surface area contributed by atoms with E-state index in [-0.39, 0.29) is 40.2 Å². The Morgan fingerprint density at radius 2 is 1.25 bits per heavy atom. The Kier molecular flexibility index (Phi) is 6.86. The molecule has 0 bridgehead atoms. The molecule has 44 heavy (non-hydrogen) atoms. The molecule has 2 heterocycles. The third-order valence-electron chi connectivity index (χ3n) is 7.80. The van der Waals surface area contributed by atoms with Crippen molar-refractivity contribution < 1.29 is 23.8 Å². The molecule has 0 aliphatic carbocycles. The quantitative estimate of drug-likeness (QED) is 0.197. The molecular weight excluding hydrogens is 557 g/mol. The summed E-state index contributed by atoms with van der Waals surface area (Å²) in [6.45, 7) is 0.263. The number of nitrogens with zero attached hydrogens (tertiary/aromatic N) is 3. The number of phenols is 1. The first-order valence-corrected chi connectivity index (χ1v) is 14.1. The van der Waals surface area contributed by atoms with E-state index in [4.69, 9.17) is 4.74 Å². The van der Waals surface area contributed by atoms with E-state index in [0.29, 0.717) is 12.1 Å². The minimum atomic E-state index is -0.665. The monoisotopic (exact) mass is 583 g/mol. The maximum absolute atomic E-state index is 14.1. The molecule has 2 amide bonds. The van der Waals surface area contributed by atoms with Crippen molar-refractivity contribution in [3.63, 3.8) is 0 Å². The van der Waals surface area contributed by atoms with Gasteiger partial charge in [0.2, 0.25) is 0 Å². The van der Waals surface area contributed by atoms with Crippen LogP contribution in [-0.2, 0) is 13.1 Å². The van der Waals surface area contributed by atoms with Gasteiger partial charge in [-0.1, -0.05) is 103 Å². The first-order chi connectivity index (χ1) is 21.5.